The highest BCUT2D eigenvalue weighted by Crippen LogP contribution is 2.33. The van der Waals surface area contributed by atoms with Gasteiger partial charge in [-0.3, -0.25) is 0 Å². The Balaban J connectivity index is 1.68. The SMILES string of the molecule is CC(=CCN(Cc1nc2ccccc2[nH]1)c1cccc2c1NCCC2)CN. The molecule has 0 saturated carbocycles. The Hall–Kier alpha value is -2.79. The number of hydrogen-bond acceptors (Lipinski definition) is 4. The van der Waals surface area contributed by atoms with E-state index in [1.165, 1.54) is 28.9 Å². The fourth-order valence-corrected chi connectivity index (χ4v) is 3.61. The van der Waals surface area contributed by atoms with Crippen molar-refractivity contribution in [1.82, 2.24) is 9.97 Å². The summed E-state index contributed by atoms with van der Waals surface area (Å²) < 4.78 is 0. The molecule has 27 heavy (non-hydrogen) atoms. The first-order valence-electron chi connectivity index (χ1n) is 9.64. The van der Waals surface area contributed by atoms with Gasteiger partial charge in [-0.1, -0.05) is 35.9 Å². The first-order chi connectivity index (χ1) is 13.2. The molecule has 140 valence electrons. The van der Waals surface area contributed by atoms with Crippen molar-refractivity contribution < 1.29 is 0 Å². The molecule has 0 amide bonds. The van der Waals surface area contributed by atoms with Crippen molar-refractivity contribution >= 4 is 22.4 Å². The van der Waals surface area contributed by atoms with Crippen molar-refractivity contribution in [2.45, 2.75) is 26.3 Å². The monoisotopic (exact) mass is 361 g/mol. The Morgan fingerprint density at radius 3 is 2.96 bits per heavy atom. The number of nitrogens with one attached hydrogen (secondary N) is 2. The normalized spacial score (nSPS) is 14.1. The van der Waals surface area contributed by atoms with Gasteiger partial charge in [-0.05, 0) is 43.5 Å². The molecule has 0 saturated heterocycles. The van der Waals surface area contributed by atoms with E-state index in [1.807, 2.05) is 18.2 Å². The maximum absolute atomic E-state index is 5.79. The molecule has 0 radical (unpaired) electrons. The number of rotatable bonds is 6. The number of nitrogens with two attached hydrogens (primary N) is 1. The van der Waals surface area contributed by atoms with E-state index in [-0.39, 0.29) is 0 Å². The van der Waals surface area contributed by atoms with Gasteiger partial charge in [0.25, 0.3) is 0 Å². The molecule has 1 aliphatic heterocycles. The van der Waals surface area contributed by atoms with Crippen LogP contribution in [0.3, 0.4) is 0 Å². The van der Waals surface area contributed by atoms with Crippen LogP contribution in [0.1, 0.15) is 24.7 Å². The van der Waals surface area contributed by atoms with Gasteiger partial charge in [-0.2, -0.15) is 0 Å². The summed E-state index contributed by atoms with van der Waals surface area (Å²) in [5.41, 5.74) is 13.0. The van der Waals surface area contributed by atoms with Crippen molar-refractivity contribution in [2.24, 2.45) is 5.73 Å². The summed E-state index contributed by atoms with van der Waals surface area (Å²) in [7, 11) is 0. The molecule has 5 heteroatoms. The van der Waals surface area contributed by atoms with Crippen LogP contribution in [0, 0.1) is 0 Å². The first-order valence-corrected chi connectivity index (χ1v) is 9.64. The smallest absolute Gasteiger partial charge is 0.126 e. The van der Waals surface area contributed by atoms with Crippen LogP contribution in [0.25, 0.3) is 11.0 Å². The molecule has 0 unspecified atom stereocenters. The van der Waals surface area contributed by atoms with Gasteiger partial charge in [0, 0.05) is 19.6 Å². The molecule has 0 bridgehead atoms. The van der Waals surface area contributed by atoms with Crippen molar-refractivity contribution in [1.29, 1.82) is 0 Å². The Labute approximate surface area is 160 Å². The predicted molar refractivity (Wildman–Crippen MR) is 113 cm³/mol. The average Bonchev–Trinajstić information content (AvgIpc) is 3.13. The molecule has 4 N–H and O–H groups in total. The lowest BCUT2D eigenvalue weighted by atomic mass is 10.0. The van der Waals surface area contributed by atoms with Gasteiger partial charge >= 0.3 is 0 Å². The Kier molecular flexibility index (Phi) is 5.12. The number of aromatic nitrogens is 2. The van der Waals surface area contributed by atoms with E-state index < -0.39 is 0 Å². The lowest BCUT2D eigenvalue weighted by Gasteiger charge is -2.29. The molecule has 0 fully saturated rings. The number of para-hydroxylation sites is 3. The van der Waals surface area contributed by atoms with E-state index in [9.17, 15) is 0 Å². The van der Waals surface area contributed by atoms with Crippen molar-refractivity contribution in [3.8, 4) is 0 Å². The number of aromatic amines is 1. The second kappa shape index (κ2) is 7.84. The van der Waals surface area contributed by atoms with Gasteiger partial charge < -0.3 is 20.9 Å². The molecule has 4 rings (SSSR count). The molecular formula is C22H27N5. The molecule has 0 aliphatic carbocycles. The number of nitrogens with zero attached hydrogens (tertiary/aromatic N) is 2. The molecule has 5 nitrogen and oxygen atoms in total. The van der Waals surface area contributed by atoms with E-state index >= 15 is 0 Å². The molecule has 0 spiro atoms. The minimum Gasteiger partial charge on any atom is -0.383 e. The second-order valence-electron chi connectivity index (χ2n) is 7.18. The zero-order valence-electron chi connectivity index (χ0n) is 15.8. The number of H-pyrrole nitrogens is 1. The predicted octanol–water partition coefficient (Wildman–Crippen LogP) is 3.83. The standard InChI is InChI=1S/C22H27N5/c1-16(14-23)11-13-27(15-21-25-18-8-2-3-9-19(18)26-21)20-10-4-6-17-7-5-12-24-22(17)20/h2-4,6,8-11,24H,5,7,12-15,23H2,1H3,(H,25,26). The lowest BCUT2D eigenvalue weighted by molar-refractivity contribution is 0.799. The number of hydrogen-bond donors (Lipinski definition) is 3. The highest BCUT2D eigenvalue weighted by Gasteiger charge is 2.18. The topological polar surface area (TPSA) is 70.0 Å². The number of imidazole rings is 1. The Bertz CT molecular complexity index is 923. The first kappa shape index (κ1) is 17.6. The molecule has 3 aromatic rings. The van der Waals surface area contributed by atoms with Crippen LogP contribution in [-0.4, -0.2) is 29.6 Å². The number of aryl methyl sites for hydroxylation is 1. The Morgan fingerprint density at radius 2 is 2.11 bits per heavy atom. The van der Waals surface area contributed by atoms with Gasteiger partial charge in [0.15, 0.2) is 0 Å². The number of fused-ring (bicyclic) bond motifs is 2. The highest BCUT2D eigenvalue weighted by molar-refractivity contribution is 5.76. The summed E-state index contributed by atoms with van der Waals surface area (Å²) in [6.45, 7) is 5.22. The van der Waals surface area contributed by atoms with Crippen LogP contribution < -0.4 is 16.0 Å². The number of benzene rings is 2. The lowest BCUT2D eigenvalue weighted by Crippen LogP contribution is -2.26. The maximum atomic E-state index is 5.79. The summed E-state index contributed by atoms with van der Waals surface area (Å²) in [6.07, 6.45) is 4.53. The van der Waals surface area contributed by atoms with Crippen molar-refractivity contribution in [2.75, 3.05) is 29.9 Å². The minimum absolute atomic E-state index is 0.587. The average molecular weight is 361 g/mol. The molecular weight excluding hydrogens is 334 g/mol. The summed E-state index contributed by atoms with van der Waals surface area (Å²) in [6, 6.07) is 14.8. The van der Waals surface area contributed by atoms with Crippen LogP contribution in [0.2, 0.25) is 0 Å². The largest absolute Gasteiger partial charge is 0.383 e. The van der Waals surface area contributed by atoms with Gasteiger partial charge in [-0.15, -0.1) is 0 Å². The molecule has 0 atom stereocenters. The fraction of sp³-hybridized carbons (Fsp3) is 0.318. The third-order valence-electron chi connectivity index (χ3n) is 5.16. The van der Waals surface area contributed by atoms with E-state index in [0.717, 1.165) is 42.9 Å². The third-order valence-corrected chi connectivity index (χ3v) is 5.16. The quantitative estimate of drug-likeness (QED) is 0.584. The molecule has 2 aromatic carbocycles. The highest BCUT2D eigenvalue weighted by atomic mass is 15.2. The summed E-state index contributed by atoms with van der Waals surface area (Å²) in [4.78, 5) is 10.6. The van der Waals surface area contributed by atoms with Gasteiger partial charge in [0.1, 0.15) is 5.82 Å². The second-order valence-corrected chi connectivity index (χ2v) is 7.18. The van der Waals surface area contributed by atoms with E-state index in [2.05, 4.69) is 52.5 Å². The number of anilines is 2. The zero-order valence-corrected chi connectivity index (χ0v) is 15.8. The third kappa shape index (κ3) is 3.83. The van der Waals surface area contributed by atoms with Crippen LogP contribution in [0.4, 0.5) is 11.4 Å². The van der Waals surface area contributed by atoms with Crippen LogP contribution in [0.5, 0.6) is 0 Å². The molecule has 1 aliphatic rings. The summed E-state index contributed by atoms with van der Waals surface area (Å²) in [5.74, 6) is 0.975. The van der Waals surface area contributed by atoms with Crippen LogP contribution >= 0.6 is 0 Å². The molecule has 2 heterocycles. The fourth-order valence-electron chi connectivity index (χ4n) is 3.61. The zero-order chi connectivity index (χ0) is 18.6. The van der Waals surface area contributed by atoms with Crippen LogP contribution in [0.15, 0.2) is 54.1 Å². The maximum Gasteiger partial charge on any atom is 0.126 e. The van der Waals surface area contributed by atoms with Crippen LogP contribution in [-0.2, 0) is 13.0 Å². The van der Waals surface area contributed by atoms with Crippen molar-refractivity contribution in [3.05, 3.63) is 65.5 Å². The van der Waals surface area contributed by atoms with E-state index in [1.54, 1.807) is 0 Å². The minimum atomic E-state index is 0.587. The van der Waals surface area contributed by atoms with Gasteiger partial charge in [-0.25, -0.2) is 4.98 Å². The van der Waals surface area contributed by atoms with Gasteiger partial charge in [0.05, 0.1) is 29.0 Å². The Morgan fingerprint density at radius 1 is 1.22 bits per heavy atom. The molecule has 1 aromatic heterocycles. The summed E-state index contributed by atoms with van der Waals surface area (Å²) >= 11 is 0. The van der Waals surface area contributed by atoms with E-state index in [0.29, 0.717) is 6.54 Å². The van der Waals surface area contributed by atoms with Crippen molar-refractivity contribution in [3.63, 3.8) is 0 Å². The summed E-state index contributed by atoms with van der Waals surface area (Å²) in [5, 5.41) is 3.61. The van der Waals surface area contributed by atoms with Gasteiger partial charge in [0.2, 0.25) is 0 Å². The van der Waals surface area contributed by atoms with E-state index in [4.69, 9.17) is 10.7 Å².